The van der Waals surface area contributed by atoms with E-state index in [1.807, 2.05) is 37.3 Å². The van der Waals surface area contributed by atoms with Crippen molar-refractivity contribution in [2.24, 2.45) is 12.5 Å². The van der Waals surface area contributed by atoms with Crippen LogP contribution in [0, 0.1) is 5.41 Å². The molecule has 2 aromatic rings. The lowest BCUT2D eigenvalue weighted by molar-refractivity contribution is 0.356. The summed E-state index contributed by atoms with van der Waals surface area (Å²) in [6.45, 7) is 5.47. The number of rotatable bonds is 3. The normalized spacial score (nSPS) is 23.4. The Bertz CT molecular complexity index is 591. The first kappa shape index (κ1) is 12.4. The molecule has 0 spiro atoms. The van der Waals surface area contributed by atoms with Gasteiger partial charge < -0.3 is 14.8 Å². The first-order valence-electron chi connectivity index (χ1n) is 6.78. The second-order valence-corrected chi connectivity index (χ2v) is 5.87. The van der Waals surface area contributed by atoms with Gasteiger partial charge in [-0.3, -0.25) is 0 Å². The Morgan fingerprint density at radius 2 is 2.26 bits per heavy atom. The van der Waals surface area contributed by atoms with Crippen LogP contribution in [0.15, 0.2) is 18.6 Å². The van der Waals surface area contributed by atoms with Crippen LogP contribution in [0.4, 0.5) is 5.82 Å². The molecule has 1 saturated heterocycles. The molecule has 1 unspecified atom stereocenters. The minimum atomic E-state index is 0.327. The molecule has 1 N–H and O–H groups in total. The molecule has 2 aromatic heterocycles. The van der Waals surface area contributed by atoms with Gasteiger partial charge >= 0.3 is 0 Å². The molecular weight excluding hydrogens is 238 g/mol. The van der Waals surface area contributed by atoms with Crippen molar-refractivity contribution in [1.29, 1.82) is 0 Å². The summed E-state index contributed by atoms with van der Waals surface area (Å²) in [5.41, 5.74) is 2.49. The van der Waals surface area contributed by atoms with Crippen molar-refractivity contribution in [2.45, 2.75) is 13.3 Å². The molecule has 0 aromatic carbocycles. The fourth-order valence-corrected chi connectivity index (χ4v) is 3.06. The van der Waals surface area contributed by atoms with Gasteiger partial charge in [-0.2, -0.15) is 0 Å². The standard InChI is InChI=1S/C14H21N5/c1-14(8-15-2)5-7-19(9-14)13-12-11(4-6-16-13)18(3)10-17-12/h4,6,10,15H,5,7-9H2,1-3H3. The van der Waals surface area contributed by atoms with E-state index in [1.54, 1.807) is 0 Å². The summed E-state index contributed by atoms with van der Waals surface area (Å²) >= 11 is 0. The maximum atomic E-state index is 4.56. The number of aryl methyl sites for hydroxylation is 1. The summed E-state index contributed by atoms with van der Waals surface area (Å²) in [4.78, 5) is 11.4. The number of nitrogens with one attached hydrogen (secondary N) is 1. The van der Waals surface area contributed by atoms with Gasteiger partial charge in [0.15, 0.2) is 5.82 Å². The number of imidazole rings is 1. The number of nitrogens with zero attached hydrogens (tertiary/aromatic N) is 4. The molecule has 1 aliphatic rings. The number of pyridine rings is 1. The molecule has 5 heteroatoms. The van der Waals surface area contributed by atoms with Gasteiger partial charge in [0.2, 0.25) is 0 Å². The summed E-state index contributed by atoms with van der Waals surface area (Å²) in [5.74, 6) is 1.03. The van der Waals surface area contributed by atoms with E-state index < -0.39 is 0 Å². The van der Waals surface area contributed by atoms with Gasteiger partial charge in [0.1, 0.15) is 5.52 Å². The topological polar surface area (TPSA) is 46.0 Å². The first-order chi connectivity index (χ1) is 9.13. The Kier molecular flexibility index (Phi) is 2.93. The second kappa shape index (κ2) is 4.49. The monoisotopic (exact) mass is 259 g/mol. The number of anilines is 1. The molecule has 3 rings (SSSR count). The third-order valence-electron chi connectivity index (χ3n) is 4.08. The van der Waals surface area contributed by atoms with Gasteiger partial charge in [0.05, 0.1) is 11.8 Å². The Morgan fingerprint density at radius 3 is 3.05 bits per heavy atom. The molecule has 1 aliphatic heterocycles. The van der Waals surface area contributed by atoms with Crippen LogP contribution >= 0.6 is 0 Å². The number of hydrogen-bond donors (Lipinski definition) is 1. The van der Waals surface area contributed by atoms with Gasteiger partial charge in [0, 0.05) is 32.9 Å². The second-order valence-electron chi connectivity index (χ2n) is 5.87. The van der Waals surface area contributed by atoms with E-state index >= 15 is 0 Å². The minimum absolute atomic E-state index is 0.327. The molecule has 102 valence electrons. The van der Waals surface area contributed by atoms with Crippen LogP contribution in [0.2, 0.25) is 0 Å². The smallest absolute Gasteiger partial charge is 0.156 e. The van der Waals surface area contributed by atoms with Gasteiger partial charge in [-0.15, -0.1) is 0 Å². The fraction of sp³-hybridized carbons (Fsp3) is 0.571. The van der Waals surface area contributed by atoms with Crippen LogP contribution in [0.25, 0.3) is 11.0 Å². The molecule has 0 radical (unpaired) electrons. The molecule has 0 amide bonds. The summed E-state index contributed by atoms with van der Waals surface area (Å²) in [6.07, 6.45) is 4.94. The maximum Gasteiger partial charge on any atom is 0.156 e. The van der Waals surface area contributed by atoms with Crippen LogP contribution in [0.5, 0.6) is 0 Å². The van der Waals surface area contributed by atoms with E-state index in [4.69, 9.17) is 0 Å². The Morgan fingerprint density at radius 1 is 1.42 bits per heavy atom. The summed E-state index contributed by atoms with van der Waals surface area (Å²) in [6, 6.07) is 2.02. The molecule has 5 nitrogen and oxygen atoms in total. The highest BCUT2D eigenvalue weighted by atomic mass is 15.2. The number of hydrogen-bond acceptors (Lipinski definition) is 4. The maximum absolute atomic E-state index is 4.56. The van der Waals surface area contributed by atoms with Gasteiger partial charge in [-0.1, -0.05) is 6.92 Å². The van der Waals surface area contributed by atoms with E-state index in [2.05, 4.69) is 27.1 Å². The van der Waals surface area contributed by atoms with Crippen molar-refractivity contribution >= 4 is 16.9 Å². The lowest BCUT2D eigenvalue weighted by Crippen LogP contribution is -2.33. The lowest BCUT2D eigenvalue weighted by atomic mass is 9.90. The van der Waals surface area contributed by atoms with E-state index in [0.29, 0.717) is 5.41 Å². The average molecular weight is 259 g/mol. The Labute approximate surface area is 113 Å². The van der Waals surface area contributed by atoms with Crippen molar-refractivity contribution in [2.75, 3.05) is 31.6 Å². The van der Waals surface area contributed by atoms with Crippen molar-refractivity contribution in [3.05, 3.63) is 18.6 Å². The molecule has 0 saturated carbocycles. The zero-order valence-electron chi connectivity index (χ0n) is 11.8. The number of fused-ring (bicyclic) bond motifs is 1. The third-order valence-corrected chi connectivity index (χ3v) is 4.08. The van der Waals surface area contributed by atoms with Crippen molar-refractivity contribution in [1.82, 2.24) is 19.9 Å². The molecule has 0 aliphatic carbocycles. The third kappa shape index (κ3) is 2.08. The summed E-state index contributed by atoms with van der Waals surface area (Å²) < 4.78 is 2.05. The van der Waals surface area contributed by atoms with E-state index in [-0.39, 0.29) is 0 Å². The number of aromatic nitrogens is 3. The van der Waals surface area contributed by atoms with Crippen LogP contribution < -0.4 is 10.2 Å². The van der Waals surface area contributed by atoms with Crippen molar-refractivity contribution in [3.8, 4) is 0 Å². The molecule has 1 fully saturated rings. The predicted octanol–water partition coefficient (Wildman–Crippen LogP) is 1.40. The van der Waals surface area contributed by atoms with Crippen LogP contribution in [0.1, 0.15) is 13.3 Å². The molecular formula is C14H21N5. The van der Waals surface area contributed by atoms with Gasteiger partial charge in [-0.05, 0) is 24.9 Å². The summed E-state index contributed by atoms with van der Waals surface area (Å²) in [7, 11) is 4.04. The van der Waals surface area contributed by atoms with Crippen molar-refractivity contribution in [3.63, 3.8) is 0 Å². The van der Waals surface area contributed by atoms with Crippen molar-refractivity contribution < 1.29 is 0 Å². The van der Waals surface area contributed by atoms with Crippen LogP contribution in [0.3, 0.4) is 0 Å². The average Bonchev–Trinajstić information content (AvgIpc) is 2.95. The zero-order chi connectivity index (χ0) is 13.5. The highest BCUT2D eigenvalue weighted by Gasteiger charge is 2.34. The van der Waals surface area contributed by atoms with Gasteiger partial charge in [-0.25, -0.2) is 9.97 Å². The van der Waals surface area contributed by atoms with E-state index in [1.165, 1.54) is 6.42 Å². The quantitative estimate of drug-likeness (QED) is 0.905. The Hall–Kier alpha value is -1.62. The van der Waals surface area contributed by atoms with E-state index in [9.17, 15) is 0 Å². The van der Waals surface area contributed by atoms with Crippen LogP contribution in [-0.4, -0.2) is 41.2 Å². The molecule has 0 bridgehead atoms. The van der Waals surface area contributed by atoms with E-state index in [0.717, 1.165) is 36.5 Å². The SMILES string of the molecule is CNCC1(C)CCN(c2nccc3c2ncn3C)C1. The largest absolute Gasteiger partial charge is 0.354 e. The summed E-state index contributed by atoms with van der Waals surface area (Å²) in [5, 5.41) is 3.30. The minimum Gasteiger partial charge on any atom is -0.354 e. The lowest BCUT2D eigenvalue weighted by Gasteiger charge is -2.24. The molecule has 19 heavy (non-hydrogen) atoms. The molecule has 1 atom stereocenters. The van der Waals surface area contributed by atoms with Crippen LogP contribution in [-0.2, 0) is 7.05 Å². The highest BCUT2D eigenvalue weighted by Crippen LogP contribution is 2.34. The Balaban J connectivity index is 1.94. The predicted molar refractivity (Wildman–Crippen MR) is 77.4 cm³/mol. The van der Waals surface area contributed by atoms with Gasteiger partial charge in [0.25, 0.3) is 0 Å². The first-order valence-corrected chi connectivity index (χ1v) is 6.78. The fourth-order valence-electron chi connectivity index (χ4n) is 3.06. The zero-order valence-corrected chi connectivity index (χ0v) is 11.8. The highest BCUT2D eigenvalue weighted by molar-refractivity contribution is 5.86. The molecule has 3 heterocycles.